The summed E-state index contributed by atoms with van der Waals surface area (Å²) in [6.07, 6.45) is 0. The summed E-state index contributed by atoms with van der Waals surface area (Å²) in [5, 5.41) is 8.96. The average Bonchev–Trinajstić information content (AvgIpc) is 2.73. The lowest BCUT2D eigenvalue weighted by Gasteiger charge is -2.07. The Balaban J connectivity index is 2.11. The van der Waals surface area contributed by atoms with Crippen LogP contribution in [0.2, 0.25) is 0 Å². The van der Waals surface area contributed by atoms with E-state index in [9.17, 15) is 4.79 Å². The second kappa shape index (κ2) is 4.74. The standard InChI is InChI=1S/C13H12O4/c1-9-6-7-10(17-9)8-16-12-5-3-2-4-11(12)13(14)15/h2-7H,8H2,1H3,(H,14,15). The molecule has 4 heteroatoms. The highest BCUT2D eigenvalue weighted by Gasteiger charge is 2.10. The normalized spacial score (nSPS) is 10.2. The zero-order chi connectivity index (χ0) is 12.3. The highest BCUT2D eigenvalue weighted by molar-refractivity contribution is 5.90. The summed E-state index contributed by atoms with van der Waals surface area (Å²) < 4.78 is 10.8. The van der Waals surface area contributed by atoms with E-state index in [0.717, 1.165) is 5.76 Å². The minimum absolute atomic E-state index is 0.149. The van der Waals surface area contributed by atoms with E-state index < -0.39 is 5.97 Å². The van der Waals surface area contributed by atoms with Crippen LogP contribution in [0.4, 0.5) is 0 Å². The van der Waals surface area contributed by atoms with Gasteiger partial charge in [0.25, 0.3) is 0 Å². The van der Waals surface area contributed by atoms with Crippen molar-refractivity contribution in [3.63, 3.8) is 0 Å². The third kappa shape index (κ3) is 2.66. The minimum Gasteiger partial charge on any atom is -0.485 e. The summed E-state index contributed by atoms with van der Waals surface area (Å²) in [5.41, 5.74) is 0.149. The molecule has 0 aliphatic rings. The molecule has 0 amide bonds. The first-order valence-electron chi connectivity index (χ1n) is 5.17. The van der Waals surface area contributed by atoms with Gasteiger partial charge in [0.1, 0.15) is 29.4 Å². The van der Waals surface area contributed by atoms with Crippen LogP contribution in [0, 0.1) is 6.92 Å². The Labute approximate surface area is 98.4 Å². The van der Waals surface area contributed by atoms with Crippen molar-refractivity contribution >= 4 is 5.97 Å². The van der Waals surface area contributed by atoms with Crippen LogP contribution in [0.25, 0.3) is 0 Å². The average molecular weight is 232 g/mol. The minimum atomic E-state index is -1.00. The maximum atomic E-state index is 10.9. The van der Waals surface area contributed by atoms with Gasteiger partial charge in [-0.15, -0.1) is 0 Å². The lowest BCUT2D eigenvalue weighted by atomic mass is 10.2. The van der Waals surface area contributed by atoms with E-state index in [1.165, 1.54) is 6.07 Å². The summed E-state index contributed by atoms with van der Waals surface area (Å²) in [7, 11) is 0. The number of carboxylic acids is 1. The predicted octanol–water partition coefficient (Wildman–Crippen LogP) is 2.87. The van der Waals surface area contributed by atoms with Crippen molar-refractivity contribution in [2.45, 2.75) is 13.5 Å². The fourth-order valence-corrected chi connectivity index (χ4v) is 1.48. The summed E-state index contributed by atoms with van der Waals surface area (Å²) in [5.74, 6) is 0.808. The number of hydrogen-bond acceptors (Lipinski definition) is 3. The van der Waals surface area contributed by atoms with Gasteiger partial charge in [0.15, 0.2) is 0 Å². The number of aromatic carboxylic acids is 1. The third-order valence-electron chi connectivity index (χ3n) is 2.28. The van der Waals surface area contributed by atoms with E-state index in [0.29, 0.717) is 11.5 Å². The molecule has 88 valence electrons. The second-order valence-corrected chi connectivity index (χ2v) is 3.60. The number of para-hydroxylation sites is 1. The number of carboxylic acid groups (broad SMARTS) is 1. The van der Waals surface area contributed by atoms with Crippen LogP contribution in [0.1, 0.15) is 21.9 Å². The van der Waals surface area contributed by atoms with Crippen LogP contribution in [0.15, 0.2) is 40.8 Å². The quantitative estimate of drug-likeness (QED) is 0.880. The molecule has 0 saturated heterocycles. The fourth-order valence-electron chi connectivity index (χ4n) is 1.48. The molecule has 0 aliphatic heterocycles. The van der Waals surface area contributed by atoms with Gasteiger partial charge in [-0.2, -0.15) is 0 Å². The Kier molecular flexibility index (Phi) is 3.14. The smallest absolute Gasteiger partial charge is 0.339 e. The molecular weight excluding hydrogens is 220 g/mol. The molecule has 0 atom stereocenters. The van der Waals surface area contributed by atoms with Gasteiger partial charge >= 0.3 is 5.97 Å². The molecule has 2 aromatic rings. The number of hydrogen-bond donors (Lipinski definition) is 1. The molecule has 0 saturated carbocycles. The molecule has 1 heterocycles. The van der Waals surface area contributed by atoms with Crippen molar-refractivity contribution < 1.29 is 19.1 Å². The zero-order valence-corrected chi connectivity index (χ0v) is 9.34. The summed E-state index contributed by atoms with van der Waals surface area (Å²) in [6, 6.07) is 10.2. The van der Waals surface area contributed by atoms with E-state index in [1.807, 2.05) is 13.0 Å². The van der Waals surface area contributed by atoms with E-state index in [1.54, 1.807) is 24.3 Å². The van der Waals surface area contributed by atoms with Crippen molar-refractivity contribution in [2.24, 2.45) is 0 Å². The molecule has 1 N–H and O–H groups in total. The van der Waals surface area contributed by atoms with Gasteiger partial charge in [0.05, 0.1) is 0 Å². The van der Waals surface area contributed by atoms with Crippen molar-refractivity contribution in [1.82, 2.24) is 0 Å². The van der Waals surface area contributed by atoms with E-state index in [4.69, 9.17) is 14.3 Å². The molecule has 2 rings (SSSR count). The number of benzene rings is 1. The van der Waals surface area contributed by atoms with Crippen LogP contribution < -0.4 is 4.74 Å². The van der Waals surface area contributed by atoms with Gasteiger partial charge in [-0.1, -0.05) is 12.1 Å². The molecule has 0 bridgehead atoms. The highest BCUT2D eigenvalue weighted by atomic mass is 16.5. The number of aryl methyl sites for hydroxylation is 1. The fraction of sp³-hybridized carbons (Fsp3) is 0.154. The van der Waals surface area contributed by atoms with Crippen molar-refractivity contribution in [2.75, 3.05) is 0 Å². The number of rotatable bonds is 4. The summed E-state index contributed by atoms with van der Waals surface area (Å²) in [6.45, 7) is 2.06. The molecule has 17 heavy (non-hydrogen) atoms. The molecule has 1 aromatic heterocycles. The van der Waals surface area contributed by atoms with Gasteiger partial charge in [-0.05, 0) is 31.2 Å². The molecular formula is C13H12O4. The molecule has 4 nitrogen and oxygen atoms in total. The Morgan fingerprint density at radius 3 is 2.71 bits per heavy atom. The monoisotopic (exact) mass is 232 g/mol. The van der Waals surface area contributed by atoms with Gasteiger partial charge in [-0.3, -0.25) is 0 Å². The molecule has 0 radical (unpaired) electrons. The van der Waals surface area contributed by atoms with Crippen molar-refractivity contribution in [3.8, 4) is 5.75 Å². The molecule has 0 aliphatic carbocycles. The first-order valence-corrected chi connectivity index (χ1v) is 5.17. The van der Waals surface area contributed by atoms with Gasteiger partial charge in [0.2, 0.25) is 0 Å². The molecule has 1 aromatic carbocycles. The van der Waals surface area contributed by atoms with Gasteiger partial charge < -0.3 is 14.3 Å². The lowest BCUT2D eigenvalue weighted by Crippen LogP contribution is -2.02. The van der Waals surface area contributed by atoms with Crippen LogP contribution in [-0.4, -0.2) is 11.1 Å². The summed E-state index contributed by atoms with van der Waals surface area (Å²) >= 11 is 0. The van der Waals surface area contributed by atoms with Gasteiger partial charge in [0, 0.05) is 0 Å². The van der Waals surface area contributed by atoms with Crippen LogP contribution >= 0.6 is 0 Å². The molecule has 0 spiro atoms. The van der Waals surface area contributed by atoms with Crippen LogP contribution in [0.3, 0.4) is 0 Å². The summed E-state index contributed by atoms with van der Waals surface area (Å²) in [4.78, 5) is 10.9. The Morgan fingerprint density at radius 1 is 1.29 bits per heavy atom. The largest absolute Gasteiger partial charge is 0.485 e. The van der Waals surface area contributed by atoms with E-state index >= 15 is 0 Å². The maximum Gasteiger partial charge on any atom is 0.339 e. The number of carbonyl (C=O) groups is 1. The second-order valence-electron chi connectivity index (χ2n) is 3.60. The number of furan rings is 1. The first-order chi connectivity index (χ1) is 8.16. The van der Waals surface area contributed by atoms with E-state index in [2.05, 4.69) is 0 Å². The maximum absolute atomic E-state index is 10.9. The first kappa shape index (κ1) is 11.3. The Hall–Kier alpha value is -2.23. The predicted molar refractivity (Wildman–Crippen MR) is 61.2 cm³/mol. The third-order valence-corrected chi connectivity index (χ3v) is 2.28. The Morgan fingerprint density at radius 2 is 2.06 bits per heavy atom. The van der Waals surface area contributed by atoms with E-state index in [-0.39, 0.29) is 12.2 Å². The Bertz CT molecular complexity index is 528. The van der Waals surface area contributed by atoms with Crippen molar-refractivity contribution in [3.05, 3.63) is 53.5 Å². The van der Waals surface area contributed by atoms with Gasteiger partial charge in [-0.25, -0.2) is 4.79 Å². The molecule has 0 unspecified atom stereocenters. The zero-order valence-electron chi connectivity index (χ0n) is 9.34. The van der Waals surface area contributed by atoms with Crippen molar-refractivity contribution in [1.29, 1.82) is 0 Å². The number of ether oxygens (including phenoxy) is 1. The molecule has 0 fully saturated rings. The van der Waals surface area contributed by atoms with Crippen LogP contribution in [-0.2, 0) is 6.61 Å². The lowest BCUT2D eigenvalue weighted by molar-refractivity contribution is 0.0691. The highest BCUT2D eigenvalue weighted by Crippen LogP contribution is 2.19. The van der Waals surface area contributed by atoms with Crippen LogP contribution in [0.5, 0.6) is 5.75 Å². The topological polar surface area (TPSA) is 59.7 Å². The SMILES string of the molecule is Cc1ccc(COc2ccccc2C(=O)O)o1.